The van der Waals surface area contributed by atoms with Crippen molar-refractivity contribution < 1.29 is 9.53 Å². The first kappa shape index (κ1) is 16.6. The Labute approximate surface area is 139 Å². The van der Waals surface area contributed by atoms with Crippen LogP contribution in [0.15, 0.2) is 36.5 Å². The zero-order valence-electron chi connectivity index (χ0n) is 12.3. The molecule has 0 aliphatic carbocycles. The summed E-state index contributed by atoms with van der Waals surface area (Å²) in [5.41, 5.74) is 1.33. The third kappa shape index (κ3) is 3.90. The van der Waals surface area contributed by atoms with Gasteiger partial charge < -0.3 is 9.64 Å². The van der Waals surface area contributed by atoms with Gasteiger partial charge in [0.2, 0.25) is 5.88 Å². The number of carbonyl (C=O) groups excluding carboxylic acids is 1. The maximum atomic E-state index is 12.5. The van der Waals surface area contributed by atoms with Crippen molar-refractivity contribution >= 4 is 29.1 Å². The molecule has 0 aliphatic rings. The molecule has 1 heterocycles. The van der Waals surface area contributed by atoms with E-state index in [9.17, 15) is 4.79 Å². The summed E-state index contributed by atoms with van der Waals surface area (Å²) in [6.07, 6.45) is 1.60. The number of carbonyl (C=O) groups is 1. The minimum absolute atomic E-state index is 0.164. The van der Waals surface area contributed by atoms with Gasteiger partial charge in [-0.3, -0.25) is 4.79 Å². The average molecular weight is 339 g/mol. The van der Waals surface area contributed by atoms with Crippen molar-refractivity contribution in [1.29, 1.82) is 0 Å². The molecule has 6 heteroatoms. The first-order valence-corrected chi connectivity index (χ1v) is 7.55. The van der Waals surface area contributed by atoms with E-state index in [0.29, 0.717) is 34.6 Å². The summed E-state index contributed by atoms with van der Waals surface area (Å²) < 4.78 is 5.40. The molecule has 0 unspecified atom stereocenters. The molecule has 1 amide bonds. The van der Waals surface area contributed by atoms with Gasteiger partial charge >= 0.3 is 0 Å². The van der Waals surface area contributed by atoms with Crippen molar-refractivity contribution in [1.82, 2.24) is 9.88 Å². The molecule has 0 spiro atoms. The Kier molecular flexibility index (Phi) is 5.63. The summed E-state index contributed by atoms with van der Waals surface area (Å²) in [4.78, 5) is 18.2. The zero-order chi connectivity index (χ0) is 16.1. The fourth-order valence-electron chi connectivity index (χ4n) is 1.99. The molecule has 0 N–H and O–H groups in total. The summed E-state index contributed by atoms with van der Waals surface area (Å²) in [5.74, 6) is 0.179. The summed E-state index contributed by atoms with van der Waals surface area (Å²) >= 11 is 11.9. The van der Waals surface area contributed by atoms with Crippen LogP contribution in [0.2, 0.25) is 10.0 Å². The maximum absolute atomic E-state index is 12.5. The second-order valence-corrected chi connectivity index (χ2v) is 5.51. The van der Waals surface area contributed by atoms with Crippen LogP contribution in [-0.4, -0.2) is 29.4 Å². The van der Waals surface area contributed by atoms with Crippen LogP contribution < -0.4 is 4.74 Å². The van der Waals surface area contributed by atoms with Gasteiger partial charge in [-0.2, -0.15) is 0 Å². The van der Waals surface area contributed by atoms with Crippen molar-refractivity contribution in [3.63, 3.8) is 0 Å². The summed E-state index contributed by atoms with van der Waals surface area (Å²) in [6.45, 7) is 2.71. The van der Waals surface area contributed by atoms with Crippen LogP contribution in [0.25, 0.3) is 0 Å². The number of ether oxygens (including phenoxy) is 1. The molecule has 1 aromatic heterocycles. The van der Waals surface area contributed by atoms with Crippen LogP contribution in [0.4, 0.5) is 0 Å². The molecular weight excluding hydrogens is 323 g/mol. The average Bonchev–Trinajstić information content (AvgIpc) is 2.51. The van der Waals surface area contributed by atoms with E-state index in [1.807, 2.05) is 13.0 Å². The lowest BCUT2D eigenvalue weighted by molar-refractivity contribution is 0.0780. The molecule has 1 aromatic carbocycles. The van der Waals surface area contributed by atoms with Gasteiger partial charge in [0.1, 0.15) is 5.56 Å². The Balaban J connectivity index is 2.17. The van der Waals surface area contributed by atoms with Gasteiger partial charge in [0.05, 0.1) is 16.7 Å². The Bertz CT molecular complexity index is 677. The molecule has 0 fully saturated rings. The van der Waals surface area contributed by atoms with Crippen molar-refractivity contribution in [3.05, 3.63) is 57.7 Å². The monoisotopic (exact) mass is 338 g/mol. The van der Waals surface area contributed by atoms with E-state index in [1.54, 1.807) is 42.4 Å². The highest BCUT2D eigenvalue weighted by atomic mass is 35.5. The van der Waals surface area contributed by atoms with Gasteiger partial charge in [-0.05, 0) is 36.8 Å². The van der Waals surface area contributed by atoms with Gasteiger partial charge in [0.25, 0.3) is 5.91 Å². The first-order chi connectivity index (χ1) is 10.5. The van der Waals surface area contributed by atoms with Crippen LogP contribution in [-0.2, 0) is 6.54 Å². The summed E-state index contributed by atoms with van der Waals surface area (Å²) in [5, 5.41) is 0.960. The fraction of sp³-hybridized carbons (Fsp3) is 0.250. The number of rotatable bonds is 5. The van der Waals surface area contributed by atoms with Crippen molar-refractivity contribution in [3.8, 4) is 5.88 Å². The molecule has 4 nitrogen and oxygen atoms in total. The zero-order valence-corrected chi connectivity index (χ0v) is 13.9. The summed E-state index contributed by atoms with van der Waals surface area (Å²) in [6, 6.07) is 8.71. The van der Waals surface area contributed by atoms with Gasteiger partial charge in [-0.15, -0.1) is 0 Å². The van der Waals surface area contributed by atoms with E-state index >= 15 is 0 Å². The largest absolute Gasteiger partial charge is 0.477 e. The number of nitrogens with zero attached hydrogens (tertiary/aromatic N) is 2. The molecule has 0 bridgehead atoms. The Hall–Kier alpha value is -1.78. The molecule has 0 atom stereocenters. The Morgan fingerprint density at radius 1 is 1.27 bits per heavy atom. The third-order valence-electron chi connectivity index (χ3n) is 3.03. The predicted molar refractivity (Wildman–Crippen MR) is 87.7 cm³/mol. The van der Waals surface area contributed by atoms with Gasteiger partial charge in [0.15, 0.2) is 0 Å². The number of hydrogen-bond acceptors (Lipinski definition) is 3. The van der Waals surface area contributed by atoms with Gasteiger partial charge in [-0.1, -0.05) is 29.3 Å². The number of pyridine rings is 1. The van der Waals surface area contributed by atoms with E-state index in [2.05, 4.69) is 4.98 Å². The lowest BCUT2D eigenvalue weighted by Crippen LogP contribution is -2.27. The summed E-state index contributed by atoms with van der Waals surface area (Å²) in [7, 11) is 1.72. The highest BCUT2D eigenvalue weighted by molar-refractivity contribution is 6.42. The van der Waals surface area contributed by atoms with Crippen LogP contribution >= 0.6 is 23.2 Å². The van der Waals surface area contributed by atoms with Crippen LogP contribution in [0, 0.1) is 0 Å². The molecular formula is C16H16Cl2N2O2. The molecule has 22 heavy (non-hydrogen) atoms. The lowest BCUT2D eigenvalue weighted by Gasteiger charge is -2.18. The standard InChI is InChI=1S/C16H16Cl2N2O2/c1-3-22-15-12(5-4-8-19-15)16(21)20(2)10-11-6-7-13(17)14(18)9-11/h4-9H,3,10H2,1-2H3. The highest BCUT2D eigenvalue weighted by Gasteiger charge is 2.18. The minimum atomic E-state index is -0.164. The highest BCUT2D eigenvalue weighted by Crippen LogP contribution is 2.24. The predicted octanol–water partition coefficient (Wildman–Crippen LogP) is 4.06. The molecule has 2 rings (SSSR count). The molecule has 0 aliphatic heterocycles. The number of benzene rings is 1. The second kappa shape index (κ2) is 7.47. The molecule has 116 valence electrons. The Morgan fingerprint density at radius 2 is 2.05 bits per heavy atom. The SMILES string of the molecule is CCOc1ncccc1C(=O)N(C)Cc1ccc(Cl)c(Cl)c1. The quantitative estimate of drug-likeness (QED) is 0.825. The molecule has 0 radical (unpaired) electrons. The Morgan fingerprint density at radius 3 is 2.73 bits per heavy atom. The van der Waals surface area contributed by atoms with E-state index in [1.165, 1.54) is 0 Å². The van der Waals surface area contributed by atoms with Gasteiger partial charge in [0, 0.05) is 19.8 Å². The van der Waals surface area contributed by atoms with Gasteiger partial charge in [-0.25, -0.2) is 4.98 Å². The smallest absolute Gasteiger partial charge is 0.259 e. The van der Waals surface area contributed by atoms with Crippen molar-refractivity contribution in [2.75, 3.05) is 13.7 Å². The normalized spacial score (nSPS) is 10.4. The molecule has 2 aromatic rings. The first-order valence-electron chi connectivity index (χ1n) is 6.80. The topological polar surface area (TPSA) is 42.4 Å². The van der Waals surface area contributed by atoms with E-state index in [0.717, 1.165) is 5.56 Å². The second-order valence-electron chi connectivity index (χ2n) is 4.70. The van der Waals surface area contributed by atoms with E-state index in [4.69, 9.17) is 27.9 Å². The number of hydrogen-bond donors (Lipinski definition) is 0. The number of aromatic nitrogens is 1. The van der Waals surface area contributed by atoms with Crippen molar-refractivity contribution in [2.24, 2.45) is 0 Å². The molecule has 0 saturated heterocycles. The lowest BCUT2D eigenvalue weighted by atomic mass is 10.2. The van der Waals surface area contributed by atoms with Crippen LogP contribution in [0.5, 0.6) is 5.88 Å². The number of amides is 1. The maximum Gasteiger partial charge on any atom is 0.259 e. The van der Waals surface area contributed by atoms with Crippen LogP contribution in [0.3, 0.4) is 0 Å². The van der Waals surface area contributed by atoms with Crippen molar-refractivity contribution in [2.45, 2.75) is 13.5 Å². The fourth-order valence-corrected chi connectivity index (χ4v) is 2.32. The van der Waals surface area contributed by atoms with E-state index in [-0.39, 0.29) is 5.91 Å². The van der Waals surface area contributed by atoms with E-state index < -0.39 is 0 Å². The minimum Gasteiger partial charge on any atom is -0.477 e. The van der Waals surface area contributed by atoms with Crippen LogP contribution in [0.1, 0.15) is 22.8 Å². The number of halogens is 2. The molecule has 0 saturated carbocycles. The third-order valence-corrected chi connectivity index (χ3v) is 3.77.